The summed E-state index contributed by atoms with van der Waals surface area (Å²) in [5, 5.41) is 33.7. The van der Waals surface area contributed by atoms with Crippen molar-refractivity contribution in [1.29, 1.82) is 0 Å². The van der Waals surface area contributed by atoms with Gasteiger partial charge < -0.3 is 31.3 Å². The van der Waals surface area contributed by atoms with E-state index in [-0.39, 0.29) is 19.6 Å². The van der Waals surface area contributed by atoms with Gasteiger partial charge in [0, 0.05) is 27.2 Å². The molecular formula is C14H25N5O8. The fourth-order valence-electron chi connectivity index (χ4n) is 1.98. The van der Waals surface area contributed by atoms with Crippen molar-refractivity contribution >= 4 is 29.7 Å². The van der Waals surface area contributed by atoms with Crippen LogP contribution in [0.4, 0.5) is 0 Å². The predicted molar refractivity (Wildman–Crippen MR) is 90.4 cm³/mol. The third kappa shape index (κ3) is 11.5. The fraction of sp³-hybridized carbons (Fsp3) is 0.643. The van der Waals surface area contributed by atoms with Gasteiger partial charge in [-0.15, -0.1) is 0 Å². The van der Waals surface area contributed by atoms with Gasteiger partial charge in [0.2, 0.25) is 18.0 Å². The number of amides is 3. The highest BCUT2D eigenvalue weighted by molar-refractivity contribution is 5.87. The Hall–Kier alpha value is -2.77. The van der Waals surface area contributed by atoms with Crippen LogP contribution in [0.3, 0.4) is 0 Å². The number of hydrogen-bond acceptors (Lipinski definition) is 8. The average molecular weight is 391 g/mol. The molecule has 27 heavy (non-hydrogen) atoms. The van der Waals surface area contributed by atoms with Gasteiger partial charge in [0.25, 0.3) is 5.91 Å². The van der Waals surface area contributed by atoms with Gasteiger partial charge in [0.15, 0.2) is 0 Å². The van der Waals surface area contributed by atoms with E-state index in [0.29, 0.717) is 0 Å². The molecule has 0 spiro atoms. The third-order valence-corrected chi connectivity index (χ3v) is 3.26. The molecule has 1 unspecified atom stereocenters. The topological polar surface area (TPSA) is 189 Å². The lowest BCUT2D eigenvalue weighted by atomic mass is 10.3. The molecule has 0 saturated heterocycles. The largest absolute Gasteiger partial charge is 0.480 e. The summed E-state index contributed by atoms with van der Waals surface area (Å²) in [5.74, 6) is -4.47. The average Bonchev–Trinajstić information content (AvgIpc) is 2.57. The Morgan fingerprint density at radius 1 is 0.778 bits per heavy atom. The van der Waals surface area contributed by atoms with E-state index in [4.69, 9.17) is 10.2 Å². The van der Waals surface area contributed by atoms with Crippen LogP contribution in [0.1, 0.15) is 0 Å². The van der Waals surface area contributed by atoms with Crippen molar-refractivity contribution in [2.75, 3.05) is 53.4 Å². The van der Waals surface area contributed by atoms with Gasteiger partial charge in [0.05, 0.1) is 26.2 Å². The molecule has 6 N–H and O–H groups in total. The summed E-state index contributed by atoms with van der Waals surface area (Å²) in [6.45, 7) is -1.70. The highest BCUT2D eigenvalue weighted by Gasteiger charge is 2.21. The van der Waals surface area contributed by atoms with Crippen LogP contribution >= 0.6 is 0 Å². The highest BCUT2D eigenvalue weighted by atomic mass is 16.4. The lowest BCUT2D eigenvalue weighted by molar-refractivity contribution is -0.142. The first-order valence-corrected chi connectivity index (χ1v) is 7.86. The van der Waals surface area contributed by atoms with Crippen molar-refractivity contribution in [2.45, 2.75) is 6.23 Å². The van der Waals surface area contributed by atoms with E-state index in [9.17, 15) is 29.1 Å². The Balaban J connectivity index is 4.84. The molecular weight excluding hydrogens is 366 g/mol. The first-order valence-electron chi connectivity index (χ1n) is 7.86. The number of hydrogen-bond donors (Lipinski definition) is 6. The Bertz CT molecular complexity index is 556. The zero-order valence-electron chi connectivity index (χ0n) is 15.1. The van der Waals surface area contributed by atoms with Gasteiger partial charge in [-0.3, -0.25) is 33.8 Å². The molecule has 1 atom stereocenters. The quantitative estimate of drug-likeness (QED) is 0.168. The van der Waals surface area contributed by atoms with Crippen LogP contribution in [-0.4, -0.2) is 114 Å². The molecule has 0 aliphatic rings. The van der Waals surface area contributed by atoms with Crippen LogP contribution < -0.4 is 16.0 Å². The van der Waals surface area contributed by atoms with E-state index in [1.54, 1.807) is 0 Å². The number of carbonyl (C=O) groups excluding carboxylic acids is 3. The molecule has 13 heteroatoms. The van der Waals surface area contributed by atoms with Gasteiger partial charge in [-0.2, -0.15) is 0 Å². The summed E-state index contributed by atoms with van der Waals surface area (Å²) >= 11 is 0. The lowest BCUT2D eigenvalue weighted by Crippen LogP contribution is -2.50. The summed E-state index contributed by atoms with van der Waals surface area (Å²) in [7, 11) is 2.65. The first-order chi connectivity index (χ1) is 12.6. The number of nitrogens with zero attached hydrogens (tertiary/aromatic N) is 2. The Morgan fingerprint density at radius 3 is 1.59 bits per heavy atom. The van der Waals surface area contributed by atoms with Crippen molar-refractivity contribution in [1.82, 2.24) is 25.8 Å². The number of aliphatic carboxylic acids is 2. The van der Waals surface area contributed by atoms with Gasteiger partial charge in [-0.05, 0) is 0 Å². The monoisotopic (exact) mass is 391 g/mol. The number of aliphatic hydroxyl groups is 1. The van der Waals surface area contributed by atoms with Crippen molar-refractivity contribution in [3.63, 3.8) is 0 Å². The van der Waals surface area contributed by atoms with Crippen LogP contribution in [0.15, 0.2) is 0 Å². The third-order valence-electron chi connectivity index (χ3n) is 3.26. The molecule has 0 bridgehead atoms. The second-order valence-electron chi connectivity index (χ2n) is 5.47. The molecule has 0 aliphatic carbocycles. The number of nitrogens with one attached hydrogen (secondary N) is 3. The summed E-state index contributed by atoms with van der Waals surface area (Å²) in [6, 6.07) is 0. The molecule has 0 fully saturated rings. The summed E-state index contributed by atoms with van der Waals surface area (Å²) in [6.07, 6.45) is -1.79. The highest BCUT2D eigenvalue weighted by Crippen LogP contribution is 1.95. The smallest absolute Gasteiger partial charge is 0.317 e. The molecule has 0 aromatic rings. The fourth-order valence-corrected chi connectivity index (χ4v) is 1.98. The number of aliphatic hydroxyl groups excluding tert-OH is 1. The molecule has 0 rings (SSSR count). The number of carbonyl (C=O) groups is 5. The van der Waals surface area contributed by atoms with E-state index in [1.165, 1.54) is 23.9 Å². The second-order valence-corrected chi connectivity index (χ2v) is 5.47. The minimum Gasteiger partial charge on any atom is -0.480 e. The maximum Gasteiger partial charge on any atom is 0.317 e. The minimum atomic E-state index is -1.79. The number of carboxylic acids is 2. The van der Waals surface area contributed by atoms with Crippen LogP contribution in [-0.2, 0) is 24.0 Å². The first kappa shape index (κ1) is 24.2. The summed E-state index contributed by atoms with van der Waals surface area (Å²) in [4.78, 5) is 58.7. The standard InChI is InChI=1S/C14H25N5O8/c1-15-9(20)5-18(7-11(22)23)3-4-19(8-12(24)25)6-10(21)17-14(27)13(26)16-2/h14,27H,3-8H2,1-2H3,(H,15,20)(H,16,26)(H,17,21)(H,22,23)(H,24,25). The van der Waals surface area contributed by atoms with Gasteiger partial charge in [-0.1, -0.05) is 0 Å². The lowest BCUT2D eigenvalue weighted by Gasteiger charge is -2.25. The van der Waals surface area contributed by atoms with Crippen LogP contribution in [0.2, 0.25) is 0 Å². The molecule has 0 heterocycles. The molecule has 0 radical (unpaired) electrons. The predicted octanol–water partition coefficient (Wildman–Crippen LogP) is -4.31. The normalized spacial score (nSPS) is 11.7. The van der Waals surface area contributed by atoms with E-state index in [1.807, 2.05) is 5.32 Å². The van der Waals surface area contributed by atoms with E-state index in [0.717, 1.165) is 0 Å². The number of rotatable bonds is 13. The van der Waals surface area contributed by atoms with Crippen molar-refractivity contribution in [2.24, 2.45) is 0 Å². The summed E-state index contributed by atoms with van der Waals surface area (Å²) in [5.41, 5.74) is 0. The van der Waals surface area contributed by atoms with E-state index >= 15 is 0 Å². The molecule has 0 aromatic heterocycles. The molecule has 0 saturated carbocycles. The van der Waals surface area contributed by atoms with Gasteiger partial charge >= 0.3 is 11.9 Å². The maximum atomic E-state index is 11.9. The maximum absolute atomic E-state index is 11.9. The van der Waals surface area contributed by atoms with Crippen molar-refractivity contribution < 1.29 is 39.3 Å². The molecule has 3 amide bonds. The molecule has 154 valence electrons. The number of carboxylic acid groups (broad SMARTS) is 2. The zero-order chi connectivity index (χ0) is 21.0. The molecule has 0 aliphatic heterocycles. The summed E-state index contributed by atoms with van der Waals surface area (Å²) < 4.78 is 0. The Kier molecular flexibility index (Phi) is 11.3. The number of likely N-dealkylation sites (N-methyl/N-ethyl adjacent to an activating group) is 2. The van der Waals surface area contributed by atoms with E-state index in [2.05, 4.69) is 10.6 Å². The van der Waals surface area contributed by atoms with Gasteiger partial charge in [-0.25, -0.2) is 0 Å². The second kappa shape index (κ2) is 12.6. The Labute approximate surface area is 155 Å². The Morgan fingerprint density at radius 2 is 1.22 bits per heavy atom. The van der Waals surface area contributed by atoms with E-state index < -0.39 is 55.5 Å². The minimum absolute atomic E-state index is 0.00171. The zero-order valence-corrected chi connectivity index (χ0v) is 15.1. The van der Waals surface area contributed by atoms with Crippen LogP contribution in [0, 0.1) is 0 Å². The van der Waals surface area contributed by atoms with Crippen molar-refractivity contribution in [3.8, 4) is 0 Å². The molecule has 13 nitrogen and oxygen atoms in total. The van der Waals surface area contributed by atoms with Gasteiger partial charge in [0.1, 0.15) is 0 Å². The van der Waals surface area contributed by atoms with Crippen LogP contribution in [0.25, 0.3) is 0 Å². The SMILES string of the molecule is CNC(=O)CN(CCN(CC(=O)O)CC(=O)NC(O)C(=O)NC)CC(=O)O. The van der Waals surface area contributed by atoms with Crippen LogP contribution in [0.5, 0.6) is 0 Å². The van der Waals surface area contributed by atoms with Crippen molar-refractivity contribution in [3.05, 3.63) is 0 Å². The molecule has 0 aromatic carbocycles.